The van der Waals surface area contributed by atoms with Crippen LogP contribution in [0.5, 0.6) is 0 Å². The Kier molecular flexibility index (Phi) is 7.34. The maximum atomic E-state index is 2.56. The van der Waals surface area contributed by atoms with Crippen molar-refractivity contribution in [2.45, 2.75) is 31.6 Å². The molecule has 0 aliphatic heterocycles. The molecule has 0 bridgehead atoms. The maximum Gasteiger partial charge on any atom is 0.0726 e. The summed E-state index contributed by atoms with van der Waals surface area (Å²) in [4.78, 5) is 2.56. The number of anilines is 3. The van der Waals surface area contributed by atoms with Crippen molar-refractivity contribution in [2.24, 2.45) is 0 Å². The van der Waals surface area contributed by atoms with Gasteiger partial charge in [0.25, 0.3) is 0 Å². The van der Waals surface area contributed by atoms with Gasteiger partial charge >= 0.3 is 0 Å². The Morgan fingerprint density at radius 1 is 0.441 bits per heavy atom. The maximum absolute atomic E-state index is 2.56. The van der Waals surface area contributed by atoms with Crippen molar-refractivity contribution in [2.75, 3.05) is 4.90 Å². The molecule has 0 radical (unpaired) electrons. The first-order valence-electron chi connectivity index (χ1n) is 20.7. The summed E-state index contributed by atoms with van der Waals surface area (Å²) in [7, 11) is 0. The Hall–Kier alpha value is -6.74. The molecular formula is C57H41NS. The van der Waals surface area contributed by atoms with Gasteiger partial charge in [-0.2, -0.15) is 0 Å². The first-order chi connectivity index (χ1) is 28.9. The lowest BCUT2D eigenvalue weighted by molar-refractivity contribution is 0.597. The van der Waals surface area contributed by atoms with E-state index in [2.05, 4.69) is 220 Å². The van der Waals surface area contributed by atoms with Crippen LogP contribution >= 0.6 is 11.3 Å². The molecular weight excluding hydrogens is 731 g/mol. The summed E-state index contributed by atoms with van der Waals surface area (Å²) >= 11 is 1.95. The van der Waals surface area contributed by atoms with E-state index in [1.165, 1.54) is 104 Å². The molecule has 1 aromatic heterocycles. The summed E-state index contributed by atoms with van der Waals surface area (Å²) in [6.45, 7) is 7.05. The Labute approximate surface area is 349 Å². The lowest BCUT2D eigenvalue weighted by Gasteiger charge is -2.32. The first kappa shape index (κ1) is 34.3. The van der Waals surface area contributed by atoms with Crippen LogP contribution in [0.25, 0.3) is 64.3 Å². The van der Waals surface area contributed by atoms with Crippen molar-refractivity contribution in [1.82, 2.24) is 0 Å². The molecule has 1 spiro atoms. The molecule has 2 aliphatic carbocycles. The van der Waals surface area contributed by atoms with Gasteiger partial charge in [-0.25, -0.2) is 0 Å². The molecule has 9 aromatic carbocycles. The van der Waals surface area contributed by atoms with Crippen LogP contribution in [0.15, 0.2) is 194 Å². The monoisotopic (exact) mass is 771 g/mol. The van der Waals surface area contributed by atoms with Crippen molar-refractivity contribution in [3.05, 3.63) is 222 Å². The van der Waals surface area contributed by atoms with Gasteiger partial charge in [0.15, 0.2) is 0 Å². The molecule has 0 amide bonds. The van der Waals surface area contributed by atoms with Crippen LogP contribution in [0.3, 0.4) is 0 Å². The molecule has 1 heterocycles. The smallest absolute Gasteiger partial charge is 0.0726 e. The lowest BCUT2D eigenvalue weighted by atomic mass is 9.70. The zero-order chi connectivity index (χ0) is 39.5. The van der Waals surface area contributed by atoms with Gasteiger partial charge < -0.3 is 4.90 Å². The molecule has 12 rings (SSSR count). The summed E-state index contributed by atoms with van der Waals surface area (Å²) in [6.07, 6.45) is 0. The highest BCUT2D eigenvalue weighted by atomic mass is 32.1. The zero-order valence-electron chi connectivity index (χ0n) is 33.3. The van der Waals surface area contributed by atoms with Crippen molar-refractivity contribution in [3.63, 3.8) is 0 Å². The van der Waals surface area contributed by atoms with E-state index in [4.69, 9.17) is 0 Å². The van der Waals surface area contributed by atoms with Crippen LogP contribution in [0, 0.1) is 0 Å². The molecule has 280 valence electrons. The third kappa shape index (κ3) is 4.78. The molecule has 0 saturated heterocycles. The van der Waals surface area contributed by atoms with Crippen LogP contribution in [-0.4, -0.2) is 0 Å². The van der Waals surface area contributed by atoms with Crippen LogP contribution in [-0.2, 0) is 10.8 Å². The molecule has 0 fully saturated rings. The fraction of sp³-hybridized carbons (Fsp3) is 0.0877. The summed E-state index contributed by atoms with van der Waals surface area (Å²) in [6, 6.07) is 72.7. The van der Waals surface area contributed by atoms with Gasteiger partial charge in [-0.1, -0.05) is 185 Å². The van der Waals surface area contributed by atoms with Gasteiger partial charge in [0.05, 0.1) is 21.5 Å². The lowest BCUT2D eigenvalue weighted by Crippen LogP contribution is -2.26. The normalized spacial score (nSPS) is 13.5. The second-order valence-corrected chi connectivity index (χ2v) is 18.2. The SMILES string of the molecule is CC(C)(C)c1cc2ccccc2c2c1sc1c(N(c3ccc(-c4ccccc4)cc3)c3cccc4c3-c3ccccc3C43c4ccccc4-c4ccccc43)cccc12. The highest BCUT2D eigenvalue weighted by Crippen LogP contribution is 2.65. The number of thiophene rings is 1. The third-order valence-electron chi connectivity index (χ3n) is 13.0. The number of hydrogen-bond donors (Lipinski definition) is 0. The largest absolute Gasteiger partial charge is 0.308 e. The molecule has 1 nitrogen and oxygen atoms in total. The van der Waals surface area contributed by atoms with Gasteiger partial charge in [-0.3, -0.25) is 0 Å². The average molecular weight is 772 g/mol. The molecule has 10 aromatic rings. The van der Waals surface area contributed by atoms with Crippen molar-refractivity contribution in [1.29, 1.82) is 0 Å². The predicted octanol–water partition coefficient (Wildman–Crippen LogP) is 16.0. The predicted molar refractivity (Wildman–Crippen MR) is 252 cm³/mol. The molecule has 0 saturated carbocycles. The molecule has 2 aliphatic rings. The van der Waals surface area contributed by atoms with E-state index in [0.717, 1.165) is 5.69 Å². The Bertz CT molecular complexity index is 3260. The summed E-state index contributed by atoms with van der Waals surface area (Å²) in [5.41, 5.74) is 17.5. The standard InChI is InChI=1S/C57H41NS/c1-56(2,3)49-35-38-19-7-8-20-40(38)52-44-24-15-30-51(54(44)59-55(49)52)58(39-33-31-37(32-34-39)36-17-5-4-6-18-36)50-29-16-28-48-53(50)43-23-11-14-27-47(43)57(48)45-25-12-9-21-41(45)42-22-10-13-26-46(42)57/h4-35H,1-3H3. The molecule has 0 atom stereocenters. The second kappa shape index (κ2) is 12.6. The van der Waals surface area contributed by atoms with Crippen LogP contribution in [0.1, 0.15) is 48.6 Å². The fourth-order valence-corrected chi connectivity index (χ4v) is 12.1. The third-order valence-corrected chi connectivity index (χ3v) is 14.3. The summed E-state index contributed by atoms with van der Waals surface area (Å²) in [5.74, 6) is 0. The quantitative estimate of drug-likeness (QED) is 0.172. The van der Waals surface area contributed by atoms with Gasteiger partial charge in [-0.05, 0) is 102 Å². The van der Waals surface area contributed by atoms with E-state index in [9.17, 15) is 0 Å². The number of fused-ring (bicyclic) bond motifs is 15. The zero-order valence-corrected chi connectivity index (χ0v) is 34.1. The van der Waals surface area contributed by atoms with Gasteiger partial charge in [0.2, 0.25) is 0 Å². The highest BCUT2D eigenvalue weighted by Gasteiger charge is 2.52. The van der Waals surface area contributed by atoms with E-state index in [1.807, 2.05) is 11.3 Å². The molecule has 2 heteroatoms. The number of rotatable bonds is 4. The van der Waals surface area contributed by atoms with Gasteiger partial charge in [0, 0.05) is 26.7 Å². The average Bonchev–Trinajstić information content (AvgIpc) is 3.92. The fourth-order valence-electron chi connectivity index (χ4n) is 10.5. The minimum atomic E-state index is -0.428. The van der Waals surface area contributed by atoms with E-state index >= 15 is 0 Å². The minimum absolute atomic E-state index is 0.0254. The van der Waals surface area contributed by atoms with E-state index in [-0.39, 0.29) is 5.41 Å². The Morgan fingerprint density at radius 2 is 0.983 bits per heavy atom. The van der Waals surface area contributed by atoms with Crippen molar-refractivity contribution in [3.8, 4) is 33.4 Å². The van der Waals surface area contributed by atoms with Crippen molar-refractivity contribution < 1.29 is 0 Å². The van der Waals surface area contributed by atoms with E-state index in [0.29, 0.717) is 0 Å². The summed E-state index contributed by atoms with van der Waals surface area (Å²) < 4.78 is 2.67. The first-order valence-corrected chi connectivity index (χ1v) is 21.5. The topological polar surface area (TPSA) is 3.24 Å². The van der Waals surface area contributed by atoms with Crippen molar-refractivity contribution >= 4 is 59.3 Å². The van der Waals surface area contributed by atoms with Crippen LogP contribution in [0.2, 0.25) is 0 Å². The second-order valence-electron chi connectivity index (χ2n) is 17.2. The minimum Gasteiger partial charge on any atom is -0.308 e. The molecule has 0 unspecified atom stereocenters. The van der Waals surface area contributed by atoms with Crippen LogP contribution in [0.4, 0.5) is 17.1 Å². The number of hydrogen-bond acceptors (Lipinski definition) is 2. The van der Waals surface area contributed by atoms with Crippen LogP contribution < -0.4 is 4.90 Å². The number of nitrogens with zero attached hydrogens (tertiary/aromatic N) is 1. The Morgan fingerprint density at radius 3 is 1.69 bits per heavy atom. The van der Waals surface area contributed by atoms with Gasteiger partial charge in [-0.15, -0.1) is 11.3 Å². The summed E-state index contributed by atoms with van der Waals surface area (Å²) in [5, 5.41) is 5.27. The Balaban J connectivity index is 1.18. The molecule has 0 N–H and O–H groups in total. The molecule has 59 heavy (non-hydrogen) atoms. The number of benzene rings is 9. The highest BCUT2D eigenvalue weighted by molar-refractivity contribution is 7.26. The van der Waals surface area contributed by atoms with E-state index in [1.54, 1.807) is 0 Å². The van der Waals surface area contributed by atoms with Gasteiger partial charge in [0.1, 0.15) is 0 Å². The van der Waals surface area contributed by atoms with E-state index < -0.39 is 5.41 Å².